The van der Waals surface area contributed by atoms with Gasteiger partial charge in [-0.1, -0.05) is 12.1 Å². The molecule has 0 saturated heterocycles. The van der Waals surface area contributed by atoms with Crippen molar-refractivity contribution in [2.24, 2.45) is 0 Å². The van der Waals surface area contributed by atoms with Crippen LogP contribution in [0.15, 0.2) is 30.5 Å². The number of nitrogens with zero attached hydrogens (tertiary/aromatic N) is 2. The van der Waals surface area contributed by atoms with Gasteiger partial charge in [-0.25, -0.2) is 9.97 Å². The molecular formula is C13H14IN3O. The topological polar surface area (TPSA) is 47.0 Å². The summed E-state index contributed by atoms with van der Waals surface area (Å²) in [5, 5.41) is 3.22. The quantitative estimate of drug-likeness (QED) is 0.856. The molecule has 1 aromatic heterocycles. The van der Waals surface area contributed by atoms with Crippen LogP contribution in [-0.4, -0.2) is 23.6 Å². The minimum absolute atomic E-state index is 0.670. The van der Waals surface area contributed by atoms with Gasteiger partial charge in [0, 0.05) is 12.7 Å². The van der Waals surface area contributed by atoms with Gasteiger partial charge in [-0.15, -0.1) is 0 Å². The lowest BCUT2D eigenvalue weighted by molar-refractivity contribution is 0.416. The monoisotopic (exact) mass is 355 g/mol. The van der Waals surface area contributed by atoms with E-state index in [4.69, 9.17) is 4.74 Å². The van der Waals surface area contributed by atoms with Crippen molar-refractivity contribution >= 4 is 28.4 Å². The lowest BCUT2D eigenvalue weighted by atomic mass is 10.2. The van der Waals surface area contributed by atoms with Crippen LogP contribution in [0, 0.1) is 3.57 Å². The third kappa shape index (κ3) is 2.72. The number of anilines is 1. The number of aromatic nitrogens is 2. The van der Waals surface area contributed by atoms with Gasteiger partial charge in [0.1, 0.15) is 11.6 Å². The van der Waals surface area contributed by atoms with Crippen molar-refractivity contribution in [3.05, 3.63) is 34.0 Å². The smallest absolute Gasteiger partial charge is 0.165 e. The number of methoxy groups -OCH3 is 1. The SMILES string of the molecule is CCNc1nc(-c2ccccc2OC)ncc1I. The maximum atomic E-state index is 5.33. The molecule has 0 radical (unpaired) electrons. The number of hydrogen-bond acceptors (Lipinski definition) is 4. The molecule has 0 bridgehead atoms. The first-order valence-electron chi connectivity index (χ1n) is 5.66. The number of halogens is 1. The Bertz CT molecular complexity index is 546. The fourth-order valence-corrected chi connectivity index (χ4v) is 2.07. The summed E-state index contributed by atoms with van der Waals surface area (Å²) in [6.45, 7) is 2.87. The van der Waals surface area contributed by atoms with Crippen LogP contribution in [0.5, 0.6) is 5.75 Å². The normalized spacial score (nSPS) is 10.2. The summed E-state index contributed by atoms with van der Waals surface area (Å²) in [4.78, 5) is 8.89. The van der Waals surface area contributed by atoms with Crippen LogP contribution in [0.2, 0.25) is 0 Å². The van der Waals surface area contributed by atoms with Gasteiger partial charge < -0.3 is 10.1 Å². The molecule has 0 aliphatic heterocycles. The zero-order valence-electron chi connectivity index (χ0n) is 10.3. The molecule has 94 valence electrons. The van der Waals surface area contributed by atoms with E-state index in [1.165, 1.54) is 0 Å². The zero-order chi connectivity index (χ0) is 13.0. The van der Waals surface area contributed by atoms with Crippen molar-refractivity contribution in [2.75, 3.05) is 19.0 Å². The summed E-state index contributed by atoms with van der Waals surface area (Å²) in [5.41, 5.74) is 0.899. The van der Waals surface area contributed by atoms with E-state index < -0.39 is 0 Å². The molecule has 1 N–H and O–H groups in total. The van der Waals surface area contributed by atoms with E-state index in [-0.39, 0.29) is 0 Å². The third-order valence-corrected chi connectivity index (χ3v) is 3.23. The lowest BCUT2D eigenvalue weighted by Gasteiger charge is -2.09. The number of nitrogens with one attached hydrogen (secondary N) is 1. The Morgan fingerprint density at radius 2 is 2.11 bits per heavy atom. The summed E-state index contributed by atoms with van der Waals surface area (Å²) in [7, 11) is 1.65. The van der Waals surface area contributed by atoms with E-state index in [0.717, 1.165) is 27.2 Å². The van der Waals surface area contributed by atoms with Crippen molar-refractivity contribution in [2.45, 2.75) is 6.92 Å². The second-order valence-corrected chi connectivity index (χ2v) is 4.78. The lowest BCUT2D eigenvalue weighted by Crippen LogP contribution is -2.04. The highest BCUT2D eigenvalue weighted by molar-refractivity contribution is 14.1. The molecule has 1 aromatic carbocycles. The van der Waals surface area contributed by atoms with Crippen LogP contribution in [0.4, 0.5) is 5.82 Å². The molecule has 2 aromatic rings. The first-order chi connectivity index (χ1) is 8.76. The molecule has 0 aliphatic rings. The van der Waals surface area contributed by atoms with Gasteiger partial charge in [-0.2, -0.15) is 0 Å². The van der Waals surface area contributed by atoms with Crippen molar-refractivity contribution in [1.29, 1.82) is 0 Å². The summed E-state index contributed by atoms with van der Waals surface area (Å²) >= 11 is 2.22. The molecule has 4 nitrogen and oxygen atoms in total. The number of rotatable bonds is 4. The van der Waals surface area contributed by atoms with E-state index in [1.807, 2.05) is 37.4 Å². The summed E-state index contributed by atoms with van der Waals surface area (Å²) in [5.74, 6) is 2.30. The Kier molecular flexibility index (Phi) is 4.35. The molecule has 0 unspecified atom stereocenters. The Morgan fingerprint density at radius 3 is 2.83 bits per heavy atom. The molecule has 18 heavy (non-hydrogen) atoms. The fourth-order valence-electron chi connectivity index (χ4n) is 1.62. The van der Waals surface area contributed by atoms with E-state index in [9.17, 15) is 0 Å². The maximum Gasteiger partial charge on any atom is 0.165 e. The molecule has 0 spiro atoms. The minimum atomic E-state index is 0.670. The van der Waals surface area contributed by atoms with Crippen LogP contribution in [0.3, 0.4) is 0 Å². The highest BCUT2D eigenvalue weighted by Crippen LogP contribution is 2.28. The minimum Gasteiger partial charge on any atom is -0.496 e. The maximum absolute atomic E-state index is 5.33. The second-order valence-electron chi connectivity index (χ2n) is 3.62. The Hall–Kier alpha value is -1.37. The molecule has 1 heterocycles. The molecule has 0 fully saturated rings. The van der Waals surface area contributed by atoms with Gasteiger partial charge in [0.25, 0.3) is 0 Å². The molecule has 0 aliphatic carbocycles. The predicted octanol–water partition coefficient (Wildman–Crippen LogP) is 3.19. The number of benzene rings is 1. The highest BCUT2D eigenvalue weighted by atomic mass is 127. The highest BCUT2D eigenvalue weighted by Gasteiger charge is 2.10. The zero-order valence-corrected chi connectivity index (χ0v) is 12.4. The number of ether oxygens (including phenoxy) is 1. The first kappa shape index (κ1) is 13.1. The number of para-hydroxylation sites is 1. The average Bonchev–Trinajstić information content (AvgIpc) is 2.41. The van der Waals surface area contributed by atoms with Crippen LogP contribution < -0.4 is 10.1 Å². The Balaban J connectivity index is 2.47. The van der Waals surface area contributed by atoms with Gasteiger partial charge in [0.2, 0.25) is 0 Å². The van der Waals surface area contributed by atoms with Gasteiger partial charge >= 0.3 is 0 Å². The molecule has 5 heteroatoms. The van der Waals surface area contributed by atoms with Crippen LogP contribution in [0.1, 0.15) is 6.92 Å². The predicted molar refractivity (Wildman–Crippen MR) is 80.9 cm³/mol. The van der Waals surface area contributed by atoms with Crippen LogP contribution in [0.25, 0.3) is 11.4 Å². The van der Waals surface area contributed by atoms with Gasteiger partial charge in [-0.05, 0) is 41.6 Å². The van der Waals surface area contributed by atoms with Gasteiger partial charge in [0.05, 0.1) is 16.2 Å². The van der Waals surface area contributed by atoms with Crippen LogP contribution >= 0.6 is 22.6 Å². The van der Waals surface area contributed by atoms with Crippen molar-refractivity contribution in [3.8, 4) is 17.1 Å². The Labute approximate surface area is 120 Å². The fraction of sp³-hybridized carbons (Fsp3) is 0.231. The molecule has 2 rings (SSSR count). The van der Waals surface area contributed by atoms with E-state index >= 15 is 0 Å². The standard InChI is InChI=1S/C13H14IN3O/c1-3-15-13-10(14)8-16-12(17-13)9-6-4-5-7-11(9)18-2/h4-8H,3H2,1-2H3,(H,15,16,17). The summed E-state index contributed by atoms with van der Waals surface area (Å²) in [6.07, 6.45) is 1.81. The number of hydrogen-bond donors (Lipinski definition) is 1. The van der Waals surface area contributed by atoms with E-state index in [1.54, 1.807) is 7.11 Å². The van der Waals surface area contributed by atoms with E-state index in [0.29, 0.717) is 5.82 Å². The first-order valence-corrected chi connectivity index (χ1v) is 6.74. The average molecular weight is 355 g/mol. The van der Waals surface area contributed by atoms with Crippen molar-refractivity contribution in [1.82, 2.24) is 9.97 Å². The van der Waals surface area contributed by atoms with Crippen LogP contribution in [-0.2, 0) is 0 Å². The largest absolute Gasteiger partial charge is 0.496 e. The molecular weight excluding hydrogens is 341 g/mol. The van der Waals surface area contributed by atoms with Crippen molar-refractivity contribution < 1.29 is 4.74 Å². The molecule has 0 amide bonds. The Morgan fingerprint density at radius 1 is 1.33 bits per heavy atom. The van der Waals surface area contributed by atoms with E-state index in [2.05, 4.69) is 37.9 Å². The van der Waals surface area contributed by atoms with Crippen molar-refractivity contribution in [3.63, 3.8) is 0 Å². The molecule has 0 atom stereocenters. The summed E-state index contributed by atoms with van der Waals surface area (Å²) in [6, 6.07) is 7.74. The second kappa shape index (κ2) is 5.99. The molecule has 0 saturated carbocycles. The summed E-state index contributed by atoms with van der Waals surface area (Å²) < 4.78 is 6.34. The van der Waals surface area contributed by atoms with Gasteiger partial charge in [-0.3, -0.25) is 0 Å². The third-order valence-electron chi connectivity index (χ3n) is 2.44. The van der Waals surface area contributed by atoms with Gasteiger partial charge in [0.15, 0.2) is 5.82 Å².